The van der Waals surface area contributed by atoms with Gasteiger partial charge in [-0.2, -0.15) is 0 Å². The molecule has 2 atom stereocenters. The Morgan fingerprint density at radius 1 is 1.05 bits per heavy atom. The predicted octanol–water partition coefficient (Wildman–Crippen LogP) is 5.28. The summed E-state index contributed by atoms with van der Waals surface area (Å²) in [5.41, 5.74) is 5.76. The number of amides is 1. The Morgan fingerprint density at radius 3 is 2.62 bits per heavy atom. The molecule has 40 heavy (non-hydrogen) atoms. The van der Waals surface area contributed by atoms with E-state index in [9.17, 15) is 9.59 Å². The van der Waals surface area contributed by atoms with Gasteiger partial charge in [0, 0.05) is 36.7 Å². The molecule has 1 saturated heterocycles. The van der Waals surface area contributed by atoms with E-state index in [4.69, 9.17) is 17.0 Å². The summed E-state index contributed by atoms with van der Waals surface area (Å²) in [5, 5.41) is 7.02. The number of carbonyl (C=O) groups is 2. The molecule has 0 spiro atoms. The van der Waals surface area contributed by atoms with Crippen molar-refractivity contribution in [2.24, 2.45) is 0 Å². The molecule has 0 bridgehead atoms. The number of para-hydroxylation sites is 1. The number of hydrogen-bond donors (Lipinski definition) is 2. The van der Waals surface area contributed by atoms with Crippen LogP contribution in [-0.4, -0.2) is 45.1 Å². The van der Waals surface area contributed by atoms with Gasteiger partial charge in [-0.25, -0.2) is 4.79 Å². The van der Waals surface area contributed by atoms with Crippen molar-refractivity contribution in [3.05, 3.63) is 113 Å². The molecule has 2 aromatic heterocycles. The zero-order valence-corrected chi connectivity index (χ0v) is 23.4. The molecular weight excluding hydrogens is 522 g/mol. The highest BCUT2D eigenvalue weighted by molar-refractivity contribution is 7.80. The molecule has 2 N–H and O–H groups in total. The van der Waals surface area contributed by atoms with Gasteiger partial charge in [-0.15, -0.1) is 0 Å². The van der Waals surface area contributed by atoms with Gasteiger partial charge in [0.25, 0.3) is 0 Å². The van der Waals surface area contributed by atoms with Crippen LogP contribution in [0.15, 0.2) is 85.2 Å². The molecule has 1 amide bonds. The third kappa shape index (κ3) is 5.46. The first-order chi connectivity index (χ1) is 19.4. The highest BCUT2D eigenvalue weighted by Crippen LogP contribution is 2.40. The molecule has 9 heteroatoms. The van der Waals surface area contributed by atoms with E-state index < -0.39 is 5.97 Å². The number of nitrogens with one attached hydrogen (secondary N) is 2. The average molecular weight is 554 g/mol. The van der Waals surface area contributed by atoms with Crippen LogP contribution in [0.3, 0.4) is 0 Å². The standard InChI is InChI=1S/C31H31N5O3S/c1-20-13-14-21(2)24(19-20)33-27(37)15-18-36-29(28(34-31(36)40)23-10-6-7-16-32-23)26-12-8-17-35(26)25-11-5-4-9-22(25)30(38)39-3/h4-14,16-17,19,28-29H,15,18H2,1-3H3,(H,33,37)(H,34,40)/t28-,29-/m1/s1. The number of carbonyl (C=O) groups excluding carboxylic acids is 2. The Hall–Kier alpha value is -4.50. The van der Waals surface area contributed by atoms with E-state index in [1.165, 1.54) is 7.11 Å². The van der Waals surface area contributed by atoms with Crippen molar-refractivity contribution in [3.8, 4) is 5.69 Å². The van der Waals surface area contributed by atoms with Crippen LogP contribution in [0.2, 0.25) is 0 Å². The summed E-state index contributed by atoms with van der Waals surface area (Å²) in [7, 11) is 1.37. The summed E-state index contributed by atoms with van der Waals surface area (Å²) in [5.74, 6) is -0.514. The SMILES string of the molecule is COC(=O)c1ccccc1-n1cccc1[C@@H]1[C@@H](c2ccccn2)NC(=S)N1CCC(=O)Nc1cc(C)ccc1C. The number of benzene rings is 2. The summed E-state index contributed by atoms with van der Waals surface area (Å²) in [4.78, 5) is 32.3. The summed E-state index contributed by atoms with van der Waals surface area (Å²) in [6.07, 6.45) is 3.91. The molecule has 0 aliphatic carbocycles. The second-order valence-electron chi connectivity index (χ2n) is 9.75. The lowest BCUT2D eigenvalue weighted by Gasteiger charge is -2.29. The van der Waals surface area contributed by atoms with Gasteiger partial charge in [0.15, 0.2) is 5.11 Å². The molecule has 2 aromatic carbocycles. The van der Waals surface area contributed by atoms with E-state index in [1.807, 2.05) is 96.2 Å². The fourth-order valence-electron chi connectivity index (χ4n) is 5.09. The molecule has 4 aromatic rings. The molecular formula is C31H31N5O3S. The average Bonchev–Trinajstić information content (AvgIpc) is 3.58. The first-order valence-electron chi connectivity index (χ1n) is 13.1. The minimum atomic E-state index is -0.420. The largest absolute Gasteiger partial charge is 0.465 e. The van der Waals surface area contributed by atoms with E-state index in [1.54, 1.807) is 12.3 Å². The fourth-order valence-corrected chi connectivity index (χ4v) is 5.43. The van der Waals surface area contributed by atoms with Crippen molar-refractivity contribution in [2.75, 3.05) is 19.0 Å². The van der Waals surface area contributed by atoms with Gasteiger partial charge in [0.1, 0.15) is 0 Å². The third-order valence-electron chi connectivity index (χ3n) is 7.10. The van der Waals surface area contributed by atoms with Gasteiger partial charge in [-0.05, 0) is 79.7 Å². The van der Waals surface area contributed by atoms with Crippen molar-refractivity contribution in [1.29, 1.82) is 0 Å². The predicted molar refractivity (Wildman–Crippen MR) is 158 cm³/mol. The number of ether oxygens (including phenoxy) is 1. The van der Waals surface area contributed by atoms with Gasteiger partial charge in [-0.1, -0.05) is 30.3 Å². The molecule has 0 radical (unpaired) electrons. The molecule has 5 rings (SSSR count). The highest BCUT2D eigenvalue weighted by atomic mass is 32.1. The molecule has 204 valence electrons. The third-order valence-corrected chi connectivity index (χ3v) is 7.45. The second-order valence-corrected chi connectivity index (χ2v) is 10.1. The zero-order valence-electron chi connectivity index (χ0n) is 22.6. The summed E-state index contributed by atoms with van der Waals surface area (Å²) >= 11 is 5.81. The smallest absolute Gasteiger partial charge is 0.339 e. The molecule has 1 aliphatic rings. The van der Waals surface area contributed by atoms with E-state index in [-0.39, 0.29) is 24.4 Å². The Bertz CT molecular complexity index is 1550. The van der Waals surface area contributed by atoms with Gasteiger partial charge in [-0.3, -0.25) is 9.78 Å². The van der Waals surface area contributed by atoms with Crippen molar-refractivity contribution in [3.63, 3.8) is 0 Å². The van der Waals surface area contributed by atoms with Crippen LogP contribution in [0, 0.1) is 13.8 Å². The van der Waals surface area contributed by atoms with E-state index in [0.29, 0.717) is 22.9 Å². The van der Waals surface area contributed by atoms with E-state index in [0.717, 1.165) is 28.2 Å². The van der Waals surface area contributed by atoms with E-state index in [2.05, 4.69) is 15.6 Å². The highest BCUT2D eigenvalue weighted by Gasteiger charge is 2.41. The van der Waals surface area contributed by atoms with Crippen LogP contribution in [0.5, 0.6) is 0 Å². The summed E-state index contributed by atoms with van der Waals surface area (Å²) in [6, 6.07) is 22.5. The van der Waals surface area contributed by atoms with Crippen molar-refractivity contribution < 1.29 is 14.3 Å². The number of esters is 1. The topological polar surface area (TPSA) is 88.5 Å². The molecule has 1 aliphatic heterocycles. The Kier molecular flexibility index (Phi) is 7.93. The van der Waals surface area contributed by atoms with Crippen LogP contribution in [-0.2, 0) is 9.53 Å². The van der Waals surface area contributed by atoms with Crippen LogP contribution in [0.25, 0.3) is 5.69 Å². The monoisotopic (exact) mass is 553 g/mol. The molecule has 0 unspecified atom stereocenters. The lowest BCUT2D eigenvalue weighted by atomic mass is 10.0. The van der Waals surface area contributed by atoms with Gasteiger partial charge in [0.2, 0.25) is 5.91 Å². The number of rotatable bonds is 8. The quantitative estimate of drug-likeness (QED) is 0.227. The number of aryl methyl sites for hydroxylation is 2. The fraction of sp³-hybridized carbons (Fsp3) is 0.226. The van der Waals surface area contributed by atoms with Crippen LogP contribution >= 0.6 is 12.2 Å². The summed E-state index contributed by atoms with van der Waals surface area (Å²) < 4.78 is 7.03. The van der Waals surface area contributed by atoms with Crippen molar-refractivity contribution in [2.45, 2.75) is 32.4 Å². The number of hydrogen-bond acceptors (Lipinski definition) is 5. The van der Waals surface area contributed by atoms with Crippen molar-refractivity contribution in [1.82, 2.24) is 19.8 Å². The van der Waals surface area contributed by atoms with Gasteiger partial charge in [0.05, 0.1) is 36.1 Å². The Morgan fingerprint density at radius 2 is 1.85 bits per heavy atom. The van der Waals surface area contributed by atoms with Crippen LogP contribution in [0.4, 0.5) is 5.69 Å². The number of nitrogens with zero attached hydrogens (tertiary/aromatic N) is 3. The molecule has 3 heterocycles. The minimum absolute atomic E-state index is 0.0945. The Labute approximate surface area is 239 Å². The normalized spacial score (nSPS) is 16.5. The van der Waals surface area contributed by atoms with Gasteiger partial charge < -0.3 is 24.8 Å². The number of anilines is 1. The minimum Gasteiger partial charge on any atom is -0.465 e. The van der Waals surface area contributed by atoms with Crippen molar-refractivity contribution >= 4 is 34.9 Å². The molecule has 8 nitrogen and oxygen atoms in total. The lowest BCUT2D eigenvalue weighted by Crippen LogP contribution is -2.33. The first kappa shape index (κ1) is 27.1. The maximum Gasteiger partial charge on any atom is 0.339 e. The molecule has 0 saturated carbocycles. The lowest BCUT2D eigenvalue weighted by molar-refractivity contribution is -0.116. The summed E-state index contributed by atoms with van der Waals surface area (Å²) in [6.45, 7) is 4.36. The maximum absolute atomic E-state index is 13.1. The van der Waals surface area contributed by atoms with E-state index >= 15 is 0 Å². The number of aromatic nitrogens is 2. The number of methoxy groups -OCH3 is 1. The zero-order chi connectivity index (χ0) is 28.2. The molecule has 1 fully saturated rings. The van der Waals surface area contributed by atoms with Crippen LogP contribution < -0.4 is 10.6 Å². The first-order valence-corrected chi connectivity index (χ1v) is 13.5. The maximum atomic E-state index is 13.1. The number of thiocarbonyl (C=S) groups is 1. The van der Waals surface area contributed by atoms with Crippen LogP contribution in [0.1, 0.15) is 51.4 Å². The second kappa shape index (κ2) is 11.7. The number of pyridine rings is 1. The van der Waals surface area contributed by atoms with Gasteiger partial charge >= 0.3 is 5.97 Å². The Balaban J connectivity index is 1.48.